The standard InChI is InChI=1S/C20H24N2O2/c1-20(2)15-24-13-12-22(20)19(23)18(16-8-4-3-5-9-16)14-17-10-6-7-11-21-17/h3-11,18H,12-15H2,1-2H3. The number of benzene rings is 1. The summed E-state index contributed by atoms with van der Waals surface area (Å²) < 4.78 is 5.56. The Kier molecular flexibility index (Phi) is 4.95. The molecule has 0 N–H and O–H groups in total. The quantitative estimate of drug-likeness (QED) is 0.868. The Hall–Kier alpha value is -2.20. The lowest BCUT2D eigenvalue weighted by Crippen LogP contribution is -2.56. The highest BCUT2D eigenvalue weighted by Crippen LogP contribution is 2.28. The maximum atomic E-state index is 13.4. The number of pyridine rings is 1. The Morgan fingerprint density at radius 2 is 1.96 bits per heavy atom. The number of carbonyl (C=O) groups excluding carboxylic acids is 1. The summed E-state index contributed by atoms with van der Waals surface area (Å²) in [5.41, 5.74) is 1.69. The Morgan fingerprint density at radius 3 is 2.62 bits per heavy atom. The first kappa shape index (κ1) is 16.7. The fourth-order valence-electron chi connectivity index (χ4n) is 3.22. The van der Waals surface area contributed by atoms with Gasteiger partial charge in [-0.3, -0.25) is 9.78 Å². The Bertz CT molecular complexity index is 671. The van der Waals surface area contributed by atoms with Crippen LogP contribution < -0.4 is 0 Å². The van der Waals surface area contributed by atoms with Crippen LogP contribution in [0.25, 0.3) is 0 Å². The van der Waals surface area contributed by atoms with Crippen molar-refractivity contribution in [3.63, 3.8) is 0 Å². The molecule has 2 aromatic rings. The molecule has 4 heteroatoms. The van der Waals surface area contributed by atoms with E-state index in [1.165, 1.54) is 0 Å². The second-order valence-corrected chi connectivity index (χ2v) is 6.84. The van der Waals surface area contributed by atoms with Crippen molar-refractivity contribution < 1.29 is 9.53 Å². The number of amides is 1. The highest BCUT2D eigenvalue weighted by molar-refractivity contribution is 5.84. The summed E-state index contributed by atoms with van der Waals surface area (Å²) in [7, 11) is 0. The van der Waals surface area contributed by atoms with Crippen molar-refractivity contribution in [1.29, 1.82) is 0 Å². The molecule has 0 radical (unpaired) electrons. The number of nitrogens with zero attached hydrogens (tertiary/aromatic N) is 2. The van der Waals surface area contributed by atoms with Crippen LogP contribution >= 0.6 is 0 Å². The topological polar surface area (TPSA) is 42.4 Å². The molecule has 1 aromatic carbocycles. The Labute approximate surface area is 143 Å². The largest absolute Gasteiger partial charge is 0.377 e. The van der Waals surface area contributed by atoms with Crippen LogP contribution in [0.5, 0.6) is 0 Å². The van der Waals surface area contributed by atoms with Crippen LogP contribution in [0.3, 0.4) is 0 Å². The van der Waals surface area contributed by atoms with Crippen LogP contribution in [0.2, 0.25) is 0 Å². The summed E-state index contributed by atoms with van der Waals surface area (Å²) >= 11 is 0. The highest BCUT2D eigenvalue weighted by atomic mass is 16.5. The molecule has 4 nitrogen and oxygen atoms in total. The van der Waals surface area contributed by atoms with Crippen molar-refractivity contribution in [3.05, 3.63) is 66.0 Å². The normalized spacial score (nSPS) is 18.2. The first-order chi connectivity index (χ1) is 11.6. The minimum atomic E-state index is -0.285. The number of hydrogen-bond acceptors (Lipinski definition) is 3. The molecule has 24 heavy (non-hydrogen) atoms. The third-order valence-electron chi connectivity index (χ3n) is 4.55. The highest BCUT2D eigenvalue weighted by Gasteiger charge is 2.37. The van der Waals surface area contributed by atoms with Crippen LogP contribution in [-0.2, 0) is 16.0 Å². The van der Waals surface area contributed by atoms with E-state index in [0.717, 1.165) is 11.3 Å². The predicted octanol–water partition coefficient (Wildman–Crippen LogP) is 3.05. The van der Waals surface area contributed by atoms with Gasteiger partial charge in [-0.25, -0.2) is 0 Å². The maximum Gasteiger partial charge on any atom is 0.231 e. The molecule has 1 unspecified atom stereocenters. The molecule has 2 heterocycles. The van der Waals surface area contributed by atoms with Gasteiger partial charge in [-0.2, -0.15) is 0 Å². The summed E-state index contributed by atoms with van der Waals surface area (Å²) in [6, 6.07) is 15.8. The third-order valence-corrected chi connectivity index (χ3v) is 4.55. The van der Waals surface area contributed by atoms with E-state index in [-0.39, 0.29) is 17.4 Å². The molecule has 0 aliphatic carbocycles. The van der Waals surface area contributed by atoms with Gasteiger partial charge >= 0.3 is 0 Å². The SMILES string of the molecule is CC1(C)COCCN1C(=O)C(Cc1ccccn1)c1ccccc1. The second kappa shape index (κ2) is 7.14. The van der Waals surface area contributed by atoms with Gasteiger partial charge in [-0.1, -0.05) is 36.4 Å². The molecule has 1 amide bonds. The summed E-state index contributed by atoms with van der Waals surface area (Å²) in [5, 5.41) is 0. The monoisotopic (exact) mass is 324 g/mol. The number of morpholine rings is 1. The first-order valence-electron chi connectivity index (χ1n) is 8.42. The maximum absolute atomic E-state index is 13.4. The van der Waals surface area contributed by atoms with Gasteiger partial charge in [0.05, 0.1) is 24.7 Å². The van der Waals surface area contributed by atoms with E-state index in [2.05, 4.69) is 18.8 Å². The predicted molar refractivity (Wildman–Crippen MR) is 93.7 cm³/mol. The van der Waals surface area contributed by atoms with Gasteiger partial charge in [0.2, 0.25) is 5.91 Å². The number of carbonyl (C=O) groups is 1. The molecule has 126 valence electrons. The Balaban J connectivity index is 1.90. The molecule has 1 aliphatic heterocycles. The van der Waals surface area contributed by atoms with E-state index < -0.39 is 0 Å². The van der Waals surface area contributed by atoms with Gasteiger partial charge in [-0.15, -0.1) is 0 Å². The van der Waals surface area contributed by atoms with Crippen molar-refractivity contribution in [2.75, 3.05) is 19.8 Å². The summed E-state index contributed by atoms with van der Waals surface area (Å²) in [6.07, 6.45) is 2.39. The molecule has 1 atom stereocenters. The van der Waals surface area contributed by atoms with Crippen molar-refractivity contribution >= 4 is 5.91 Å². The van der Waals surface area contributed by atoms with E-state index in [4.69, 9.17) is 4.74 Å². The molecule has 1 aromatic heterocycles. The third kappa shape index (κ3) is 3.65. The van der Waals surface area contributed by atoms with E-state index >= 15 is 0 Å². The molecule has 0 saturated carbocycles. The number of ether oxygens (including phenoxy) is 1. The number of aromatic nitrogens is 1. The van der Waals surface area contributed by atoms with E-state index in [0.29, 0.717) is 26.2 Å². The van der Waals surface area contributed by atoms with E-state index in [1.807, 2.05) is 53.4 Å². The van der Waals surface area contributed by atoms with Crippen molar-refractivity contribution in [2.45, 2.75) is 31.7 Å². The van der Waals surface area contributed by atoms with Crippen molar-refractivity contribution in [2.24, 2.45) is 0 Å². The van der Waals surface area contributed by atoms with Gasteiger partial charge in [0.1, 0.15) is 0 Å². The average molecular weight is 324 g/mol. The van der Waals surface area contributed by atoms with E-state index in [1.54, 1.807) is 6.20 Å². The lowest BCUT2D eigenvalue weighted by atomic mass is 9.90. The number of hydrogen-bond donors (Lipinski definition) is 0. The van der Waals surface area contributed by atoms with Crippen LogP contribution in [0, 0.1) is 0 Å². The van der Waals surface area contributed by atoms with Gasteiger partial charge < -0.3 is 9.64 Å². The first-order valence-corrected chi connectivity index (χ1v) is 8.42. The summed E-state index contributed by atoms with van der Waals surface area (Å²) in [4.78, 5) is 19.7. The zero-order valence-electron chi connectivity index (χ0n) is 14.3. The molecule has 3 rings (SSSR count). The van der Waals surface area contributed by atoms with Crippen LogP contribution in [0.15, 0.2) is 54.7 Å². The van der Waals surface area contributed by atoms with Gasteiger partial charge in [0.25, 0.3) is 0 Å². The summed E-state index contributed by atoms with van der Waals surface area (Å²) in [5.74, 6) is -0.0707. The van der Waals surface area contributed by atoms with Crippen LogP contribution in [0.4, 0.5) is 0 Å². The minimum Gasteiger partial charge on any atom is -0.377 e. The van der Waals surface area contributed by atoms with E-state index in [9.17, 15) is 4.79 Å². The second-order valence-electron chi connectivity index (χ2n) is 6.84. The molecule has 0 bridgehead atoms. The smallest absolute Gasteiger partial charge is 0.231 e. The van der Waals surface area contributed by atoms with Gasteiger partial charge in [0, 0.05) is 24.9 Å². The summed E-state index contributed by atoms with van der Waals surface area (Å²) in [6.45, 7) is 5.93. The molecular formula is C20H24N2O2. The lowest BCUT2D eigenvalue weighted by molar-refractivity contribution is -0.148. The molecule has 1 aliphatic rings. The zero-order valence-corrected chi connectivity index (χ0v) is 14.3. The molecule has 1 saturated heterocycles. The van der Waals surface area contributed by atoms with Crippen LogP contribution in [0.1, 0.15) is 31.0 Å². The Morgan fingerprint density at radius 1 is 1.21 bits per heavy atom. The fraction of sp³-hybridized carbons (Fsp3) is 0.400. The molecular weight excluding hydrogens is 300 g/mol. The number of rotatable bonds is 4. The lowest BCUT2D eigenvalue weighted by Gasteiger charge is -2.43. The van der Waals surface area contributed by atoms with Crippen molar-refractivity contribution in [1.82, 2.24) is 9.88 Å². The van der Waals surface area contributed by atoms with Gasteiger partial charge in [-0.05, 0) is 31.5 Å². The molecule has 0 spiro atoms. The fourth-order valence-corrected chi connectivity index (χ4v) is 3.22. The van der Waals surface area contributed by atoms with Crippen molar-refractivity contribution in [3.8, 4) is 0 Å². The van der Waals surface area contributed by atoms with Crippen LogP contribution in [-0.4, -0.2) is 41.1 Å². The van der Waals surface area contributed by atoms with Gasteiger partial charge in [0.15, 0.2) is 0 Å². The molecule has 1 fully saturated rings. The minimum absolute atomic E-state index is 0.153. The average Bonchev–Trinajstić information content (AvgIpc) is 2.60. The zero-order chi connectivity index (χ0) is 17.0.